The third kappa shape index (κ3) is 2.62. The molecule has 1 heterocycles. The van der Waals surface area contributed by atoms with Crippen LogP contribution in [0.1, 0.15) is 19.3 Å². The summed E-state index contributed by atoms with van der Waals surface area (Å²) in [6.07, 6.45) is 5.46. The molecule has 1 saturated carbocycles. The smallest absolute Gasteiger partial charge is 0.141 e. The minimum Gasteiger partial charge on any atom is -0.382 e. The molecule has 0 amide bonds. The Bertz CT molecular complexity index is 345. The minimum absolute atomic E-state index is 0.395. The summed E-state index contributed by atoms with van der Waals surface area (Å²) >= 11 is 0. The Morgan fingerprint density at radius 3 is 3.06 bits per heavy atom. The zero-order chi connectivity index (χ0) is 11.4. The van der Waals surface area contributed by atoms with Crippen LogP contribution in [0.15, 0.2) is 18.3 Å². The fourth-order valence-electron chi connectivity index (χ4n) is 2.12. The Balaban J connectivity index is 1.94. The van der Waals surface area contributed by atoms with Crippen LogP contribution in [0.5, 0.6) is 0 Å². The molecular formula is C11H18N4O. The first kappa shape index (κ1) is 11.2. The van der Waals surface area contributed by atoms with E-state index in [0.717, 1.165) is 24.9 Å². The molecule has 0 bridgehead atoms. The summed E-state index contributed by atoms with van der Waals surface area (Å²) in [5.41, 5.74) is 3.58. The van der Waals surface area contributed by atoms with Gasteiger partial charge in [0.05, 0.1) is 6.10 Å². The molecule has 0 aromatic carbocycles. The van der Waals surface area contributed by atoms with Gasteiger partial charge in [0.2, 0.25) is 0 Å². The quantitative estimate of drug-likeness (QED) is 0.530. The van der Waals surface area contributed by atoms with E-state index in [1.807, 2.05) is 12.1 Å². The van der Waals surface area contributed by atoms with Crippen molar-refractivity contribution in [1.29, 1.82) is 0 Å². The maximum atomic E-state index is 5.34. The predicted molar refractivity (Wildman–Crippen MR) is 64.1 cm³/mol. The number of methoxy groups -OCH3 is 1. The first-order chi connectivity index (χ1) is 7.81. The molecule has 0 spiro atoms. The number of pyridine rings is 1. The van der Waals surface area contributed by atoms with Gasteiger partial charge >= 0.3 is 0 Å². The lowest BCUT2D eigenvalue weighted by Crippen LogP contribution is -2.17. The largest absolute Gasteiger partial charge is 0.382 e. The maximum Gasteiger partial charge on any atom is 0.141 e. The van der Waals surface area contributed by atoms with E-state index >= 15 is 0 Å². The van der Waals surface area contributed by atoms with E-state index in [1.54, 1.807) is 13.3 Å². The number of nitrogens with one attached hydrogen (secondary N) is 2. The summed E-state index contributed by atoms with van der Waals surface area (Å²) in [5, 5.41) is 3.46. The summed E-state index contributed by atoms with van der Waals surface area (Å²) in [6, 6.07) is 4.33. The number of nitrogens with two attached hydrogens (primary N) is 1. The van der Waals surface area contributed by atoms with Crippen LogP contribution in [0.2, 0.25) is 0 Å². The summed E-state index contributed by atoms with van der Waals surface area (Å²) in [7, 11) is 1.77. The molecule has 16 heavy (non-hydrogen) atoms. The van der Waals surface area contributed by atoms with Crippen LogP contribution in [0.25, 0.3) is 0 Å². The Hall–Kier alpha value is -1.33. The maximum absolute atomic E-state index is 5.34. The fourth-order valence-corrected chi connectivity index (χ4v) is 2.12. The summed E-state index contributed by atoms with van der Waals surface area (Å²) in [4.78, 5) is 4.06. The van der Waals surface area contributed by atoms with Crippen molar-refractivity contribution < 1.29 is 4.74 Å². The van der Waals surface area contributed by atoms with E-state index in [-0.39, 0.29) is 0 Å². The summed E-state index contributed by atoms with van der Waals surface area (Å²) < 4.78 is 5.34. The second-order valence-electron chi connectivity index (χ2n) is 4.09. The average molecular weight is 222 g/mol. The summed E-state index contributed by atoms with van der Waals surface area (Å²) in [5.74, 6) is 5.98. The highest BCUT2D eigenvalue weighted by atomic mass is 16.5. The number of hydrogen-bond acceptors (Lipinski definition) is 5. The highest BCUT2D eigenvalue weighted by Crippen LogP contribution is 2.25. The van der Waals surface area contributed by atoms with Crippen molar-refractivity contribution >= 4 is 11.5 Å². The van der Waals surface area contributed by atoms with Gasteiger partial charge in [-0.05, 0) is 25.3 Å². The van der Waals surface area contributed by atoms with Gasteiger partial charge < -0.3 is 15.5 Å². The van der Waals surface area contributed by atoms with Gasteiger partial charge in [0.15, 0.2) is 0 Å². The molecule has 5 nitrogen and oxygen atoms in total. The van der Waals surface area contributed by atoms with Crippen molar-refractivity contribution in [2.24, 2.45) is 5.84 Å². The number of anilines is 2. The first-order valence-corrected chi connectivity index (χ1v) is 5.54. The number of hydrogen-bond donors (Lipinski definition) is 3. The van der Waals surface area contributed by atoms with Gasteiger partial charge in [0.1, 0.15) is 5.82 Å². The predicted octanol–water partition coefficient (Wildman–Crippen LogP) is 1.35. The second-order valence-corrected chi connectivity index (χ2v) is 4.09. The van der Waals surface area contributed by atoms with Gasteiger partial charge in [-0.2, -0.15) is 0 Å². The lowest BCUT2D eigenvalue weighted by molar-refractivity contribution is 0.108. The van der Waals surface area contributed by atoms with E-state index in [2.05, 4.69) is 15.7 Å². The molecule has 0 saturated heterocycles. The first-order valence-electron chi connectivity index (χ1n) is 5.54. The van der Waals surface area contributed by atoms with Gasteiger partial charge in [-0.25, -0.2) is 10.8 Å². The van der Waals surface area contributed by atoms with Gasteiger partial charge in [0.25, 0.3) is 0 Å². The molecule has 2 atom stereocenters. The van der Waals surface area contributed by atoms with Crippen LogP contribution in [0.4, 0.5) is 11.5 Å². The van der Waals surface area contributed by atoms with Crippen molar-refractivity contribution in [3.05, 3.63) is 18.3 Å². The van der Waals surface area contributed by atoms with Crippen LogP contribution >= 0.6 is 0 Å². The number of nitrogen functional groups attached to an aromatic ring is 1. The van der Waals surface area contributed by atoms with Crippen LogP contribution in [-0.2, 0) is 4.74 Å². The Labute approximate surface area is 95.4 Å². The molecule has 0 radical (unpaired) electrons. The molecule has 1 aliphatic carbocycles. The fraction of sp³-hybridized carbons (Fsp3) is 0.545. The summed E-state index contributed by atoms with van der Waals surface area (Å²) in [6.45, 7) is 0. The minimum atomic E-state index is 0.395. The van der Waals surface area contributed by atoms with Gasteiger partial charge in [-0.3, -0.25) is 0 Å². The van der Waals surface area contributed by atoms with Crippen molar-refractivity contribution in [3.63, 3.8) is 0 Å². The number of nitrogens with zero attached hydrogens (tertiary/aromatic N) is 1. The van der Waals surface area contributed by atoms with Crippen LogP contribution in [0, 0.1) is 0 Å². The molecule has 1 aromatic heterocycles. The normalized spacial score (nSPS) is 24.4. The van der Waals surface area contributed by atoms with E-state index in [1.165, 1.54) is 0 Å². The standard InChI is InChI=1S/C11H18N4O/c1-16-10-3-2-8(6-10)14-9-4-5-13-11(7-9)15-12/h4-5,7-8,10H,2-3,6,12H2,1H3,(H2,13,14,15). The number of ether oxygens (including phenoxy) is 1. The number of rotatable bonds is 4. The SMILES string of the molecule is COC1CCC(Nc2ccnc(NN)c2)C1. The zero-order valence-electron chi connectivity index (χ0n) is 9.44. The van der Waals surface area contributed by atoms with Gasteiger partial charge in [0, 0.05) is 31.1 Å². The molecule has 5 heteroatoms. The molecule has 1 aromatic rings. The van der Waals surface area contributed by atoms with E-state index in [4.69, 9.17) is 10.6 Å². The second kappa shape index (κ2) is 5.14. The van der Waals surface area contributed by atoms with E-state index < -0.39 is 0 Å². The van der Waals surface area contributed by atoms with Crippen LogP contribution in [-0.4, -0.2) is 24.2 Å². The average Bonchev–Trinajstić information content (AvgIpc) is 2.77. The molecule has 2 rings (SSSR count). The molecule has 4 N–H and O–H groups in total. The molecule has 2 unspecified atom stereocenters. The monoisotopic (exact) mass is 222 g/mol. The topological polar surface area (TPSA) is 72.2 Å². The van der Waals surface area contributed by atoms with Gasteiger partial charge in [-0.15, -0.1) is 0 Å². The molecule has 1 fully saturated rings. The third-order valence-corrected chi connectivity index (χ3v) is 3.00. The highest BCUT2D eigenvalue weighted by molar-refractivity contribution is 5.51. The molecule has 88 valence electrons. The van der Waals surface area contributed by atoms with Crippen molar-refractivity contribution in [3.8, 4) is 0 Å². The van der Waals surface area contributed by atoms with Crippen molar-refractivity contribution in [1.82, 2.24) is 4.98 Å². The molecular weight excluding hydrogens is 204 g/mol. The number of aromatic nitrogens is 1. The van der Waals surface area contributed by atoms with Crippen LogP contribution in [0.3, 0.4) is 0 Å². The zero-order valence-corrected chi connectivity index (χ0v) is 9.44. The Kier molecular flexibility index (Phi) is 3.58. The lowest BCUT2D eigenvalue weighted by Gasteiger charge is -2.14. The van der Waals surface area contributed by atoms with Crippen LogP contribution < -0.4 is 16.6 Å². The molecule has 1 aliphatic rings. The van der Waals surface area contributed by atoms with Crippen molar-refractivity contribution in [2.45, 2.75) is 31.4 Å². The number of hydrazine groups is 1. The van der Waals surface area contributed by atoms with E-state index in [0.29, 0.717) is 18.0 Å². The van der Waals surface area contributed by atoms with Crippen molar-refractivity contribution in [2.75, 3.05) is 17.9 Å². The lowest BCUT2D eigenvalue weighted by atomic mass is 10.2. The Morgan fingerprint density at radius 2 is 2.38 bits per heavy atom. The van der Waals surface area contributed by atoms with E-state index in [9.17, 15) is 0 Å². The molecule has 0 aliphatic heterocycles. The Morgan fingerprint density at radius 1 is 1.50 bits per heavy atom. The highest BCUT2D eigenvalue weighted by Gasteiger charge is 2.24. The van der Waals surface area contributed by atoms with Gasteiger partial charge in [-0.1, -0.05) is 0 Å². The third-order valence-electron chi connectivity index (χ3n) is 3.00.